The first-order chi connectivity index (χ1) is 13.5. The molecule has 152 valence electrons. The highest BCUT2D eigenvalue weighted by molar-refractivity contribution is 5.83. The van der Waals surface area contributed by atoms with Crippen LogP contribution in [0.3, 0.4) is 0 Å². The van der Waals surface area contributed by atoms with Crippen molar-refractivity contribution in [3.05, 3.63) is 36.5 Å². The summed E-state index contributed by atoms with van der Waals surface area (Å²) in [6.45, 7) is 6.54. The third kappa shape index (κ3) is 4.38. The molecular weight excluding hydrogens is 356 g/mol. The van der Waals surface area contributed by atoms with Crippen LogP contribution in [-0.2, 0) is 19.1 Å². The maximum atomic E-state index is 12.8. The first kappa shape index (κ1) is 20.4. The second-order valence-electron chi connectivity index (χ2n) is 7.51. The van der Waals surface area contributed by atoms with Crippen molar-refractivity contribution in [3.63, 3.8) is 0 Å². The molecule has 0 spiro atoms. The van der Waals surface area contributed by atoms with Crippen molar-refractivity contribution in [3.8, 4) is 0 Å². The minimum atomic E-state index is -0.328. The summed E-state index contributed by atoms with van der Waals surface area (Å²) in [4.78, 5) is 26.2. The number of aromatic nitrogens is 1. The van der Waals surface area contributed by atoms with E-state index in [0.717, 1.165) is 43.4 Å². The average Bonchev–Trinajstić information content (AvgIpc) is 3.12. The van der Waals surface area contributed by atoms with E-state index in [1.165, 1.54) is 14.0 Å². The summed E-state index contributed by atoms with van der Waals surface area (Å²) in [5, 5.41) is 1.13. The highest BCUT2D eigenvalue weighted by Crippen LogP contribution is 2.37. The first-order valence-electron chi connectivity index (χ1n) is 10.0. The molecule has 1 saturated heterocycles. The smallest absolute Gasteiger partial charge is 0.329 e. The molecule has 0 unspecified atom stereocenters. The summed E-state index contributed by atoms with van der Waals surface area (Å²) in [6.07, 6.45) is 3.90. The van der Waals surface area contributed by atoms with Gasteiger partial charge in [0.2, 0.25) is 0 Å². The number of hydrogen-bond acceptors (Lipinski definition) is 5. The number of carbonyl (C=O) groups is 2. The quantitative estimate of drug-likeness (QED) is 0.684. The average molecular weight is 386 g/mol. The van der Waals surface area contributed by atoms with Crippen LogP contribution in [0.1, 0.15) is 32.7 Å². The monoisotopic (exact) mass is 386 g/mol. The Kier molecular flexibility index (Phi) is 6.73. The second kappa shape index (κ2) is 9.24. The van der Waals surface area contributed by atoms with Gasteiger partial charge in [0.25, 0.3) is 0 Å². The lowest BCUT2D eigenvalue weighted by atomic mass is 9.78. The number of esters is 2. The molecule has 3 rings (SSSR count). The number of nitrogens with zero attached hydrogens (tertiary/aromatic N) is 2. The number of fused-ring (bicyclic) bond motifs is 1. The van der Waals surface area contributed by atoms with Crippen molar-refractivity contribution in [2.75, 3.05) is 33.4 Å². The van der Waals surface area contributed by atoms with Crippen molar-refractivity contribution in [2.24, 2.45) is 11.8 Å². The molecule has 0 N–H and O–H groups in total. The van der Waals surface area contributed by atoms with E-state index in [2.05, 4.69) is 34.6 Å². The van der Waals surface area contributed by atoms with Crippen LogP contribution in [0.2, 0.25) is 0 Å². The lowest BCUT2D eigenvalue weighted by molar-refractivity contribution is -0.148. The molecular formula is C22H30N2O4. The Balaban J connectivity index is 1.81. The molecule has 6 nitrogen and oxygen atoms in total. The number of rotatable bonds is 7. The lowest BCUT2D eigenvalue weighted by Gasteiger charge is -2.41. The number of para-hydroxylation sites is 1. The van der Waals surface area contributed by atoms with Crippen LogP contribution in [0.5, 0.6) is 0 Å². The van der Waals surface area contributed by atoms with E-state index in [9.17, 15) is 9.59 Å². The summed E-state index contributed by atoms with van der Waals surface area (Å²) in [5.74, 6) is 0.153. The van der Waals surface area contributed by atoms with E-state index in [1.807, 2.05) is 18.3 Å². The molecule has 28 heavy (non-hydrogen) atoms. The van der Waals surface area contributed by atoms with Gasteiger partial charge in [0, 0.05) is 31.7 Å². The Morgan fingerprint density at radius 2 is 2.04 bits per heavy atom. The Morgan fingerprint density at radius 3 is 2.75 bits per heavy atom. The van der Waals surface area contributed by atoms with E-state index < -0.39 is 0 Å². The molecule has 0 aliphatic carbocycles. The van der Waals surface area contributed by atoms with Crippen molar-refractivity contribution in [1.29, 1.82) is 0 Å². The van der Waals surface area contributed by atoms with Gasteiger partial charge < -0.3 is 14.0 Å². The fourth-order valence-corrected chi connectivity index (χ4v) is 4.46. The molecule has 1 aromatic heterocycles. The first-order valence-corrected chi connectivity index (χ1v) is 10.0. The second-order valence-corrected chi connectivity index (χ2v) is 7.51. The number of hydrogen-bond donors (Lipinski definition) is 0. The summed E-state index contributed by atoms with van der Waals surface area (Å²) in [6, 6.07) is 9.86. The van der Waals surface area contributed by atoms with E-state index in [0.29, 0.717) is 12.5 Å². The molecule has 0 amide bonds. The van der Waals surface area contributed by atoms with Crippen LogP contribution in [0.4, 0.5) is 0 Å². The molecule has 1 aliphatic rings. The summed E-state index contributed by atoms with van der Waals surface area (Å²) >= 11 is 0. The Bertz CT molecular complexity index is 816. The van der Waals surface area contributed by atoms with Crippen molar-refractivity contribution < 1.29 is 19.1 Å². The van der Waals surface area contributed by atoms with Gasteiger partial charge in [-0.05, 0) is 42.3 Å². The lowest BCUT2D eigenvalue weighted by Crippen LogP contribution is -2.46. The molecule has 0 saturated carbocycles. The SMILES string of the molecule is CC[C@@H]1CN(CCOC(C)=O)CC[C@@H]1[C@H](C(=O)OC)n1ccc2ccccc21. The van der Waals surface area contributed by atoms with E-state index in [-0.39, 0.29) is 23.9 Å². The molecule has 1 aromatic carbocycles. The minimum absolute atomic E-state index is 0.182. The number of benzene rings is 1. The largest absolute Gasteiger partial charge is 0.467 e. The molecule has 1 aliphatic heterocycles. The predicted molar refractivity (Wildman–Crippen MR) is 108 cm³/mol. The van der Waals surface area contributed by atoms with Crippen LogP contribution >= 0.6 is 0 Å². The van der Waals surface area contributed by atoms with Gasteiger partial charge >= 0.3 is 11.9 Å². The predicted octanol–water partition coefficient (Wildman–Crippen LogP) is 3.27. The summed E-state index contributed by atoms with van der Waals surface area (Å²) in [7, 11) is 1.47. The van der Waals surface area contributed by atoms with Gasteiger partial charge in [0.1, 0.15) is 12.6 Å². The Labute approximate surface area is 166 Å². The fraction of sp³-hybridized carbons (Fsp3) is 0.545. The van der Waals surface area contributed by atoms with Gasteiger partial charge in [-0.3, -0.25) is 9.69 Å². The third-order valence-corrected chi connectivity index (χ3v) is 5.89. The van der Waals surface area contributed by atoms with Crippen LogP contribution in [-0.4, -0.2) is 54.8 Å². The molecule has 1 fully saturated rings. The van der Waals surface area contributed by atoms with Gasteiger partial charge in [-0.25, -0.2) is 4.79 Å². The van der Waals surface area contributed by atoms with Crippen LogP contribution in [0.25, 0.3) is 10.9 Å². The maximum Gasteiger partial charge on any atom is 0.329 e. The van der Waals surface area contributed by atoms with Crippen molar-refractivity contribution in [2.45, 2.75) is 32.7 Å². The zero-order chi connectivity index (χ0) is 20.1. The van der Waals surface area contributed by atoms with E-state index >= 15 is 0 Å². The topological polar surface area (TPSA) is 60.8 Å². The number of ether oxygens (including phenoxy) is 2. The van der Waals surface area contributed by atoms with E-state index in [1.54, 1.807) is 0 Å². The van der Waals surface area contributed by atoms with E-state index in [4.69, 9.17) is 9.47 Å². The molecule has 6 heteroatoms. The standard InChI is InChI=1S/C22H30N2O4/c1-4-17-15-23(13-14-28-16(2)25)11-10-19(17)21(22(26)27-3)24-12-9-18-7-5-6-8-20(18)24/h5-9,12,17,19,21H,4,10-11,13-15H2,1-3H3/t17-,19+,21-/m1/s1. The molecule has 0 bridgehead atoms. The molecule has 3 atom stereocenters. The third-order valence-electron chi connectivity index (χ3n) is 5.89. The van der Waals surface area contributed by atoms with Gasteiger partial charge in [-0.2, -0.15) is 0 Å². The van der Waals surface area contributed by atoms with Crippen LogP contribution in [0, 0.1) is 11.8 Å². The zero-order valence-corrected chi connectivity index (χ0v) is 17.0. The normalized spacial score (nSPS) is 21.4. The summed E-state index contributed by atoms with van der Waals surface area (Å²) in [5.41, 5.74) is 1.06. The number of carbonyl (C=O) groups excluding carboxylic acids is 2. The van der Waals surface area contributed by atoms with Crippen LogP contribution < -0.4 is 0 Å². The molecule has 0 radical (unpaired) electrons. The highest BCUT2D eigenvalue weighted by Gasteiger charge is 2.39. The van der Waals surface area contributed by atoms with Gasteiger partial charge in [0.15, 0.2) is 0 Å². The van der Waals surface area contributed by atoms with Gasteiger partial charge in [0.05, 0.1) is 7.11 Å². The van der Waals surface area contributed by atoms with Crippen LogP contribution in [0.15, 0.2) is 36.5 Å². The highest BCUT2D eigenvalue weighted by atomic mass is 16.5. The maximum absolute atomic E-state index is 12.8. The Hall–Kier alpha value is -2.34. The van der Waals surface area contributed by atoms with Crippen molar-refractivity contribution >= 4 is 22.8 Å². The number of piperidine rings is 1. The molecule has 2 heterocycles. The molecule has 2 aromatic rings. The van der Waals surface area contributed by atoms with Crippen molar-refractivity contribution in [1.82, 2.24) is 9.47 Å². The van der Waals surface area contributed by atoms with Gasteiger partial charge in [-0.1, -0.05) is 31.5 Å². The Morgan fingerprint density at radius 1 is 1.25 bits per heavy atom. The number of methoxy groups -OCH3 is 1. The summed E-state index contributed by atoms with van der Waals surface area (Å²) < 4.78 is 12.4. The number of likely N-dealkylation sites (tertiary alicyclic amines) is 1. The fourth-order valence-electron chi connectivity index (χ4n) is 4.46. The zero-order valence-electron chi connectivity index (χ0n) is 17.0. The van der Waals surface area contributed by atoms with Gasteiger partial charge in [-0.15, -0.1) is 0 Å². The minimum Gasteiger partial charge on any atom is -0.467 e.